The number of hydrogen-bond donors (Lipinski definition) is 2. The van der Waals surface area contributed by atoms with Gasteiger partial charge in [0.2, 0.25) is 5.91 Å². The van der Waals surface area contributed by atoms with E-state index in [1.165, 1.54) is 7.05 Å². The van der Waals surface area contributed by atoms with Crippen LogP contribution in [-0.2, 0) is 15.1 Å². The molecule has 2 N–H and O–H groups in total. The Bertz CT molecular complexity index is 879. The van der Waals surface area contributed by atoms with E-state index in [4.69, 9.17) is 0 Å². The van der Waals surface area contributed by atoms with Crippen LogP contribution in [0.4, 0.5) is 4.79 Å². The molecule has 2 aromatic rings. The van der Waals surface area contributed by atoms with Gasteiger partial charge in [-0.2, -0.15) is 0 Å². The van der Waals surface area contributed by atoms with E-state index in [1.54, 1.807) is 12.1 Å². The van der Waals surface area contributed by atoms with Crippen molar-refractivity contribution in [3.8, 4) is 0 Å². The predicted molar refractivity (Wildman–Crippen MR) is 97.4 cm³/mol. The van der Waals surface area contributed by atoms with Crippen LogP contribution in [0.3, 0.4) is 0 Å². The number of carbonyl (C=O) groups is 3. The normalized spacial score (nSPS) is 19.4. The van der Waals surface area contributed by atoms with Gasteiger partial charge in [-0.3, -0.25) is 14.5 Å². The molecule has 0 spiro atoms. The molecule has 6 heteroatoms. The molecule has 4 amide bonds. The second-order valence-corrected chi connectivity index (χ2v) is 6.41. The molecule has 2 aromatic carbocycles. The van der Waals surface area contributed by atoms with Crippen molar-refractivity contribution < 1.29 is 14.4 Å². The molecule has 1 aliphatic rings. The zero-order chi connectivity index (χ0) is 18.9. The predicted octanol–water partition coefficient (Wildman–Crippen LogP) is 1.84. The minimum atomic E-state index is -1.34. The van der Waals surface area contributed by atoms with Crippen LogP contribution in [0.15, 0.2) is 48.5 Å². The van der Waals surface area contributed by atoms with Gasteiger partial charge in [0.1, 0.15) is 6.54 Å². The first-order valence-electron chi connectivity index (χ1n) is 8.38. The number of nitrogens with zero attached hydrogens (tertiary/aromatic N) is 1. The summed E-state index contributed by atoms with van der Waals surface area (Å²) in [7, 11) is 1.47. The van der Waals surface area contributed by atoms with Crippen molar-refractivity contribution in [2.75, 3.05) is 13.6 Å². The largest absolute Gasteiger partial charge is 0.358 e. The summed E-state index contributed by atoms with van der Waals surface area (Å²) >= 11 is 0. The van der Waals surface area contributed by atoms with Crippen LogP contribution in [0.25, 0.3) is 0 Å². The Labute approximate surface area is 152 Å². The van der Waals surface area contributed by atoms with Crippen LogP contribution in [0, 0.1) is 13.8 Å². The van der Waals surface area contributed by atoms with E-state index in [0.29, 0.717) is 11.1 Å². The van der Waals surface area contributed by atoms with Crippen molar-refractivity contribution in [1.29, 1.82) is 0 Å². The molecular weight excluding hydrogens is 330 g/mol. The smallest absolute Gasteiger partial charge is 0.326 e. The lowest BCUT2D eigenvalue weighted by Gasteiger charge is -2.28. The number of amides is 4. The molecule has 134 valence electrons. The fraction of sp³-hybridized carbons (Fsp3) is 0.250. The highest BCUT2D eigenvalue weighted by molar-refractivity contribution is 6.11. The maximum Gasteiger partial charge on any atom is 0.326 e. The first-order valence-corrected chi connectivity index (χ1v) is 8.38. The molecule has 0 saturated carbocycles. The Hall–Kier alpha value is -3.15. The molecule has 0 radical (unpaired) electrons. The average Bonchev–Trinajstić information content (AvgIpc) is 2.90. The molecule has 1 unspecified atom stereocenters. The Kier molecular flexibility index (Phi) is 4.50. The van der Waals surface area contributed by atoms with E-state index in [-0.39, 0.29) is 6.54 Å². The Morgan fingerprint density at radius 2 is 1.73 bits per heavy atom. The van der Waals surface area contributed by atoms with Crippen molar-refractivity contribution in [3.63, 3.8) is 0 Å². The Morgan fingerprint density at radius 1 is 1.04 bits per heavy atom. The van der Waals surface area contributed by atoms with E-state index in [9.17, 15) is 14.4 Å². The van der Waals surface area contributed by atoms with Gasteiger partial charge < -0.3 is 10.6 Å². The summed E-state index contributed by atoms with van der Waals surface area (Å²) in [5.74, 6) is -0.863. The van der Waals surface area contributed by atoms with Crippen LogP contribution in [0.1, 0.15) is 22.3 Å². The molecule has 1 atom stereocenters. The summed E-state index contributed by atoms with van der Waals surface area (Å²) in [4.78, 5) is 38.6. The third kappa shape index (κ3) is 2.73. The summed E-state index contributed by atoms with van der Waals surface area (Å²) in [6, 6.07) is 14.2. The van der Waals surface area contributed by atoms with Crippen molar-refractivity contribution in [2.45, 2.75) is 19.4 Å². The number of carbonyl (C=O) groups excluding carboxylic acids is 3. The number of hydrogen-bond acceptors (Lipinski definition) is 3. The van der Waals surface area contributed by atoms with Gasteiger partial charge in [0.15, 0.2) is 5.54 Å². The summed E-state index contributed by atoms with van der Waals surface area (Å²) in [5, 5.41) is 5.28. The van der Waals surface area contributed by atoms with Crippen molar-refractivity contribution in [3.05, 3.63) is 70.8 Å². The summed E-state index contributed by atoms with van der Waals surface area (Å²) in [5.41, 5.74) is 2.09. The SMILES string of the molecule is CNC(=O)CN1C(=O)NC(c2ccccc2)(c2ccc(C)c(C)c2)C1=O. The highest BCUT2D eigenvalue weighted by atomic mass is 16.2. The topological polar surface area (TPSA) is 78.5 Å². The molecule has 26 heavy (non-hydrogen) atoms. The van der Waals surface area contributed by atoms with Crippen LogP contribution in [0.5, 0.6) is 0 Å². The van der Waals surface area contributed by atoms with E-state index >= 15 is 0 Å². The molecule has 0 aromatic heterocycles. The third-order valence-corrected chi connectivity index (χ3v) is 4.83. The standard InChI is InChI=1S/C20H21N3O3/c1-13-9-10-16(11-14(13)2)20(15-7-5-4-6-8-15)18(25)23(19(26)22-20)12-17(24)21-3/h4-11H,12H2,1-3H3,(H,21,24)(H,22,26). The first kappa shape index (κ1) is 17.7. The van der Waals surface area contributed by atoms with Gasteiger partial charge in [-0.15, -0.1) is 0 Å². The minimum absolute atomic E-state index is 0.319. The van der Waals surface area contributed by atoms with Gasteiger partial charge in [-0.05, 0) is 36.1 Å². The van der Waals surface area contributed by atoms with Crippen LogP contribution >= 0.6 is 0 Å². The number of urea groups is 1. The third-order valence-electron chi connectivity index (χ3n) is 4.83. The molecule has 1 aliphatic heterocycles. The fourth-order valence-electron chi connectivity index (χ4n) is 3.16. The van der Waals surface area contributed by atoms with Gasteiger partial charge in [-0.1, -0.05) is 48.5 Å². The van der Waals surface area contributed by atoms with Gasteiger partial charge in [0, 0.05) is 7.05 Å². The second-order valence-electron chi connectivity index (χ2n) is 6.41. The first-order chi connectivity index (χ1) is 12.4. The van der Waals surface area contributed by atoms with Crippen LogP contribution < -0.4 is 10.6 Å². The number of benzene rings is 2. The van der Waals surface area contributed by atoms with Crippen molar-refractivity contribution in [1.82, 2.24) is 15.5 Å². The maximum absolute atomic E-state index is 13.3. The zero-order valence-corrected chi connectivity index (χ0v) is 15.0. The Morgan fingerprint density at radius 3 is 2.35 bits per heavy atom. The van der Waals surface area contributed by atoms with Crippen LogP contribution in [0.2, 0.25) is 0 Å². The molecule has 3 rings (SSSR count). The maximum atomic E-state index is 13.3. The molecular formula is C20H21N3O3. The lowest BCUT2D eigenvalue weighted by atomic mass is 9.81. The lowest BCUT2D eigenvalue weighted by molar-refractivity contribution is -0.134. The van der Waals surface area contributed by atoms with Crippen LogP contribution in [-0.4, -0.2) is 36.3 Å². The molecule has 1 saturated heterocycles. The molecule has 1 fully saturated rings. The van der Waals surface area contributed by atoms with Gasteiger partial charge in [-0.25, -0.2) is 4.79 Å². The average molecular weight is 351 g/mol. The van der Waals surface area contributed by atoms with Gasteiger partial charge in [0.25, 0.3) is 5.91 Å². The van der Waals surface area contributed by atoms with Crippen molar-refractivity contribution in [2.24, 2.45) is 0 Å². The zero-order valence-electron chi connectivity index (χ0n) is 15.0. The minimum Gasteiger partial charge on any atom is -0.358 e. The van der Waals surface area contributed by atoms with E-state index < -0.39 is 23.4 Å². The lowest BCUT2D eigenvalue weighted by Crippen LogP contribution is -2.46. The quantitative estimate of drug-likeness (QED) is 0.825. The molecule has 0 bridgehead atoms. The molecule has 6 nitrogen and oxygen atoms in total. The second kappa shape index (κ2) is 6.63. The number of imide groups is 1. The monoisotopic (exact) mass is 351 g/mol. The molecule has 1 heterocycles. The number of likely N-dealkylation sites (N-methyl/N-ethyl adjacent to an activating group) is 1. The number of aryl methyl sites for hydroxylation is 2. The highest BCUT2D eigenvalue weighted by Crippen LogP contribution is 2.36. The summed E-state index contributed by atoms with van der Waals surface area (Å²) in [6.45, 7) is 3.63. The van der Waals surface area contributed by atoms with E-state index in [2.05, 4.69) is 10.6 Å². The fourth-order valence-corrected chi connectivity index (χ4v) is 3.16. The molecule has 0 aliphatic carbocycles. The van der Waals surface area contributed by atoms with Gasteiger partial charge >= 0.3 is 6.03 Å². The number of nitrogens with one attached hydrogen (secondary N) is 2. The summed E-state index contributed by atoms with van der Waals surface area (Å²) in [6.07, 6.45) is 0. The number of rotatable bonds is 4. The van der Waals surface area contributed by atoms with Crippen molar-refractivity contribution >= 4 is 17.8 Å². The van der Waals surface area contributed by atoms with E-state index in [0.717, 1.165) is 16.0 Å². The summed E-state index contributed by atoms with van der Waals surface area (Å²) < 4.78 is 0. The highest BCUT2D eigenvalue weighted by Gasteiger charge is 2.54. The van der Waals surface area contributed by atoms with Gasteiger partial charge in [0.05, 0.1) is 0 Å². The van der Waals surface area contributed by atoms with E-state index in [1.807, 2.05) is 50.2 Å². The Balaban J connectivity index is 2.17.